The van der Waals surface area contributed by atoms with E-state index in [1.807, 2.05) is 0 Å². The quantitative estimate of drug-likeness (QED) is 0.365. The number of benzene rings is 2. The Morgan fingerprint density at radius 1 is 1.06 bits per heavy atom. The van der Waals surface area contributed by atoms with E-state index in [2.05, 4.69) is 0 Å². The summed E-state index contributed by atoms with van der Waals surface area (Å²) in [5.41, 5.74) is -0.578. The molecule has 1 fully saturated rings. The van der Waals surface area contributed by atoms with Gasteiger partial charge in [-0.2, -0.15) is 13.2 Å². The van der Waals surface area contributed by atoms with Crippen molar-refractivity contribution in [3.8, 4) is 0 Å². The van der Waals surface area contributed by atoms with Crippen molar-refractivity contribution in [2.75, 3.05) is 11.5 Å². The molecule has 0 unspecified atom stereocenters. The van der Waals surface area contributed by atoms with Crippen LogP contribution in [0.2, 0.25) is 10.0 Å². The highest BCUT2D eigenvalue weighted by Gasteiger charge is 2.36. The first kappa shape index (κ1) is 23.7. The second-order valence-electron chi connectivity index (χ2n) is 7.37. The topological polar surface area (TPSA) is 51.2 Å². The first-order chi connectivity index (χ1) is 14.4. The fraction of sp³-hybridized carbons (Fsp3) is 0.273. The van der Waals surface area contributed by atoms with Crippen molar-refractivity contribution in [2.45, 2.75) is 19.5 Å². The van der Waals surface area contributed by atoms with Gasteiger partial charge in [-0.25, -0.2) is 0 Å². The van der Waals surface area contributed by atoms with Gasteiger partial charge in [0.2, 0.25) is 0 Å². The molecule has 1 aliphatic heterocycles. The Hall–Kier alpha value is -1.96. The van der Waals surface area contributed by atoms with Gasteiger partial charge in [0, 0.05) is 49.9 Å². The van der Waals surface area contributed by atoms with Gasteiger partial charge in [-0.05, 0) is 54.3 Å². The first-order valence-corrected chi connectivity index (χ1v) is 11.5. The number of Topliss-reactive ketones (excluding diaryl/α,β-unsaturated/α-hetero) is 1. The van der Waals surface area contributed by atoms with E-state index in [-0.39, 0.29) is 39.3 Å². The van der Waals surface area contributed by atoms with Gasteiger partial charge in [-0.3, -0.25) is 13.8 Å². The van der Waals surface area contributed by atoms with Gasteiger partial charge in [0.25, 0.3) is 0 Å². The lowest BCUT2D eigenvalue weighted by Gasteiger charge is -2.24. The summed E-state index contributed by atoms with van der Waals surface area (Å²) in [5.74, 6) is 0.0776. The molecule has 2 aromatic carbocycles. The highest BCUT2D eigenvalue weighted by molar-refractivity contribution is 7.86. The fourth-order valence-electron chi connectivity index (χ4n) is 3.35. The largest absolute Gasteiger partial charge is 0.417 e. The zero-order valence-corrected chi connectivity index (χ0v) is 18.6. The van der Waals surface area contributed by atoms with Crippen LogP contribution < -0.4 is 0 Å². The maximum Gasteiger partial charge on any atom is 0.417 e. The lowest BCUT2D eigenvalue weighted by molar-refractivity contribution is -0.0689. The van der Waals surface area contributed by atoms with E-state index in [4.69, 9.17) is 23.2 Å². The van der Waals surface area contributed by atoms with Crippen LogP contribution in [0.4, 0.5) is 13.2 Å². The van der Waals surface area contributed by atoms with Crippen LogP contribution >= 0.6 is 23.2 Å². The third-order valence-electron chi connectivity index (χ3n) is 4.88. The molecule has 3 rings (SSSR count). The molecule has 1 saturated heterocycles. The summed E-state index contributed by atoms with van der Waals surface area (Å²) in [5, 5.41) is 0.0261. The second-order valence-corrected chi connectivity index (χ2v) is 9.79. The molecule has 9 heteroatoms. The van der Waals surface area contributed by atoms with Gasteiger partial charge in [0.15, 0.2) is 11.6 Å². The van der Waals surface area contributed by atoms with Crippen LogP contribution in [-0.4, -0.2) is 33.5 Å². The minimum atomic E-state index is -4.81. The standard InChI is InChI=1S/C22H17Cl2F3O3S/c1-12-4-14(2-3-18(12)21(29)5-13-10-31(30)11-13)20(28)9-19(22(25,26)27)15-6-16(23)8-17(24)7-15/h2-4,6-9,13H,5,10-11H2,1H3/b19-9+. The molecule has 0 radical (unpaired) electrons. The van der Waals surface area contributed by atoms with E-state index in [0.717, 1.165) is 12.1 Å². The smallest absolute Gasteiger partial charge is 0.294 e. The van der Waals surface area contributed by atoms with E-state index in [9.17, 15) is 27.0 Å². The molecule has 0 bridgehead atoms. The summed E-state index contributed by atoms with van der Waals surface area (Å²) in [7, 11) is -0.854. The summed E-state index contributed by atoms with van der Waals surface area (Å²) in [4.78, 5) is 25.0. The first-order valence-electron chi connectivity index (χ1n) is 9.22. The Morgan fingerprint density at radius 2 is 1.68 bits per heavy atom. The molecule has 0 atom stereocenters. The number of allylic oxidation sites excluding steroid dienone is 2. The molecular formula is C22H17Cl2F3O3S. The molecule has 0 spiro atoms. The van der Waals surface area contributed by atoms with Crippen LogP contribution in [0, 0.1) is 12.8 Å². The van der Waals surface area contributed by atoms with Gasteiger partial charge in [0.05, 0.1) is 5.57 Å². The predicted molar refractivity (Wildman–Crippen MR) is 116 cm³/mol. The molecule has 0 aromatic heterocycles. The van der Waals surface area contributed by atoms with Crippen molar-refractivity contribution >= 4 is 51.1 Å². The summed E-state index contributed by atoms with van der Waals surface area (Å²) in [6, 6.07) is 7.63. The number of rotatable bonds is 6. The van der Waals surface area contributed by atoms with Crippen LogP contribution in [0.5, 0.6) is 0 Å². The lowest BCUT2D eigenvalue weighted by atomic mass is 9.94. The maximum atomic E-state index is 13.6. The fourth-order valence-corrected chi connectivity index (χ4v) is 5.07. The van der Waals surface area contributed by atoms with Gasteiger partial charge in [-0.1, -0.05) is 35.3 Å². The monoisotopic (exact) mass is 488 g/mol. The zero-order chi connectivity index (χ0) is 22.9. The molecule has 0 amide bonds. The molecular weight excluding hydrogens is 472 g/mol. The van der Waals surface area contributed by atoms with Crippen LogP contribution in [-0.2, 0) is 10.8 Å². The number of hydrogen-bond donors (Lipinski definition) is 0. The molecule has 0 aliphatic carbocycles. The molecule has 3 nitrogen and oxygen atoms in total. The van der Waals surface area contributed by atoms with Crippen LogP contribution in [0.3, 0.4) is 0 Å². The average Bonchev–Trinajstić information content (AvgIpc) is 2.62. The molecule has 0 N–H and O–H groups in total. The number of ketones is 2. The maximum absolute atomic E-state index is 13.6. The number of hydrogen-bond acceptors (Lipinski definition) is 3. The number of aryl methyl sites for hydroxylation is 1. The predicted octanol–water partition coefficient (Wildman–Crippen LogP) is 6.08. The number of carbonyl (C=O) groups is 2. The molecule has 1 aliphatic rings. The van der Waals surface area contributed by atoms with E-state index in [1.165, 1.54) is 24.3 Å². The van der Waals surface area contributed by atoms with E-state index < -0.39 is 28.3 Å². The molecule has 164 valence electrons. The van der Waals surface area contributed by atoms with Gasteiger partial charge >= 0.3 is 6.18 Å². The summed E-state index contributed by atoms with van der Waals surface area (Å²) >= 11 is 11.6. The Labute approximate surface area is 189 Å². The second kappa shape index (κ2) is 9.27. The number of alkyl halides is 3. The van der Waals surface area contributed by atoms with Crippen molar-refractivity contribution < 1.29 is 27.0 Å². The van der Waals surface area contributed by atoms with Crippen LogP contribution in [0.25, 0.3) is 5.57 Å². The zero-order valence-electron chi connectivity index (χ0n) is 16.3. The SMILES string of the molecule is Cc1cc(C(=O)/C=C(\c2cc(Cl)cc(Cl)c2)C(F)(F)F)ccc1C(=O)CC1CS(=O)C1. The van der Waals surface area contributed by atoms with Gasteiger partial charge in [0.1, 0.15) is 0 Å². The van der Waals surface area contributed by atoms with Crippen molar-refractivity contribution in [1.29, 1.82) is 0 Å². The molecule has 0 saturated carbocycles. The number of carbonyl (C=O) groups excluding carboxylic acids is 2. The third-order valence-corrected chi connectivity index (χ3v) is 7.01. The highest BCUT2D eigenvalue weighted by Crippen LogP contribution is 2.36. The van der Waals surface area contributed by atoms with Gasteiger partial charge < -0.3 is 0 Å². The van der Waals surface area contributed by atoms with Crippen molar-refractivity contribution in [2.24, 2.45) is 5.92 Å². The number of halogens is 5. The van der Waals surface area contributed by atoms with Crippen molar-refractivity contribution in [1.82, 2.24) is 0 Å². The molecule has 1 heterocycles. The molecule has 2 aromatic rings. The Balaban J connectivity index is 1.88. The normalized spacial score (nSPS) is 19.1. The third kappa shape index (κ3) is 5.84. The minimum absolute atomic E-state index is 0.0131. The summed E-state index contributed by atoms with van der Waals surface area (Å²) in [6.07, 6.45) is -4.05. The lowest BCUT2D eigenvalue weighted by Crippen LogP contribution is -2.32. The average molecular weight is 489 g/mol. The Bertz CT molecular complexity index is 1080. The highest BCUT2D eigenvalue weighted by atomic mass is 35.5. The van der Waals surface area contributed by atoms with Gasteiger partial charge in [-0.15, -0.1) is 0 Å². The summed E-state index contributed by atoms with van der Waals surface area (Å²) in [6.45, 7) is 1.62. The van der Waals surface area contributed by atoms with Crippen molar-refractivity contribution in [3.05, 3.63) is 74.8 Å². The van der Waals surface area contributed by atoms with Crippen LogP contribution in [0.1, 0.15) is 38.3 Å². The van der Waals surface area contributed by atoms with E-state index >= 15 is 0 Å². The van der Waals surface area contributed by atoms with E-state index in [0.29, 0.717) is 28.7 Å². The van der Waals surface area contributed by atoms with E-state index in [1.54, 1.807) is 6.92 Å². The molecule has 31 heavy (non-hydrogen) atoms. The van der Waals surface area contributed by atoms with Crippen LogP contribution in [0.15, 0.2) is 42.5 Å². The Kier molecular flexibility index (Phi) is 7.08. The summed E-state index contributed by atoms with van der Waals surface area (Å²) < 4.78 is 52.0. The minimum Gasteiger partial charge on any atom is -0.294 e. The Morgan fingerprint density at radius 3 is 2.19 bits per heavy atom. The van der Waals surface area contributed by atoms with Crippen molar-refractivity contribution in [3.63, 3.8) is 0 Å².